The predicted octanol–water partition coefficient (Wildman–Crippen LogP) is 2.44. The number of nitrogens with one attached hydrogen (secondary N) is 1. The molecule has 1 unspecified atom stereocenters. The number of allylic oxidation sites excluding steroid dienone is 1. The van der Waals surface area contributed by atoms with Crippen LogP contribution in [-0.2, 0) is 9.84 Å². The van der Waals surface area contributed by atoms with E-state index < -0.39 is 20.9 Å². The van der Waals surface area contributed by atoms with Crippen molar-refractivity contribution >= 4 is 26.4 Å². The number of benzene rings is 1. The molecule has 0 aliphatic rings. The summed E-state index contributed by atoms with van der Waals surface area (Å²) in [5.74, 6) is -0.565. The van der Waals surface area contributed by atoms with E-state index in [1.54, 1.807) is 19.9 Å². The minimum absolute atomic E-state index is 0.107. The fourth-order valence-corrected chi connectivity index (χ4v) is 3.07. The third kappa shape index (κ3) is 2.42. The average Bonchev–Trinajstić information content (AvgIpc) is 2.86. The van der Waals surface area contributed by atoms with E-state index in [9.17, 15) is 12.8 Å². The number of sulfone groups is 1. The molecule has 1 heterocycles. The second-order valence-electron chi connectivity index (χ2n) is 5.10. The Kier molecular flexibility index (Phi) is 3.79. The molecule has 1 aromatic heterocycles. The maximum atomic E-state index is 14.8. The third-order valence-corrected chi connectivity index (χ3v) is 5.29. The number of aromatic nitrogens is 2. The van der Waals surface area contributed by atoms with Crippen molar-refractivity contribution in [3.05, 3.63) is 34.8 Å². The highest BCUT2D eigenvalue weighted by Gasteiger charge is 2.28. The Balaban J connectivity index is 2.95. The highest BCUT2D eigenvalue weighted by Crippen LogP contribution is 2.36. The van der Waals surface area contributed by atoms with Crippen molar-refractivity contribution in [2.24, 2.45) is 5.73 Å². The molecule has 0 amide bonds. The van der Waals surface area contributed by atoms with Gasteiger partial charge >= 0.3 is 0 Å². The van der Waals surface area contributed by atoms with Gasteiger partial charge in [0.1, 0.15) is 5.82 Å². The van der Waals surface area contributed by atoms with Gasteiger partial charge in [-0.1, -0.05) is 6.08 Å². The molecular weight excluding hydrogens is 293 g/mol. The summed E-state index contributed by atoms with van der Waals surface area (Å²) in [7, 11) is -3.44. The molecule has 0 fully saturated rings. The number of aromatic amines is 1. The maximum Gasteiger partial charge on any atom is 0.154 e. The minimum Gasteiger partial charge on any atom is -0.398 e. The molecule has 1 atom stereocenters. The lowest BCUT2D eigenvalue weighted by Crippen LogP contribution is -2.13. The molecule has 21 heavy (non-hydrogen) atoms. The Labute approximate surface area is 123 Å². The molecule has 0 bridgehead atoms. The van der Waals surface area contributed by atoms with Gasteiger partial charge < -0.3 is 5.73 Å². The van der Waals surface area contributed by atoms with Gasteiger partial charge in [-0.15, -0.1) is 0 Å². The van der Waals surface area contributed by atoms with E-state index in [2.05, 4.69) is 10.2 Å². The van der Waals surface area contributed by atoms with Gasteiger partial charge in [0.25, 0.3) is 0 Å². The van der Waals surface area contributed by atoms with Crippen molar-refractivity contribution in [2.45, 2.75) is 26.0 Å². The van der Waals surface area contributed by atoms with Crippen molar-refractivity contribution < 1.29 is 12.8 Å². The number of H-pyrrole nitrogens is 1. The van der Waals surface area contributed by atoms with Crippen LogP contribution in [0.1, 0.15) is 35.8 Å². The Hall–Kier alpha value is -1.89. The van der Waals surface area contributed by atoms with Crippen LogP contribution in [0.3, 0.4) is 0 Å². The van der Waals surface area contributed by atoms with Crippen molar-refractivity contribution in [3.63, 3.8) is 0 Å². The summed E-state index contributed by atoms with van der Waals surface area (Å²) < 4.78 is 38.3. The first-order chi connectivity index (χ1) is 9.70. The summed E-state index contributed by atoms with van der Waals surface area (Å²) in [5, 5.41) is 6.26. The summed E-state index contributed by atoms with van der Waals surface area (Å²) in [4.78, 5) is 0. The largest absolute Gasteiger partial charge is 0.398 e. The van der Waals surface area contributed by atoms with E-state index in [4.69, 9.17) is 5.73 Å². The molecule has 2 rings (SSSR count). The first-order valence-corrected chi connectivity index (χ1v) is 8.41. The number of nitrogens with zero attached hydrogens (tertiary/aromatic N) is 1. The standard InChI is InChI=1S/C14H18FN3O2S/c1-5-10(16)11-7(2)13(15)12(8(3)21(4,19)20)14-9(11)6-17-18-14/h5-6,8H,16H2,1-4H3,(H,17,18)/b10-5-. The number of rotatable bonds is 3. The molecule has 0 aliphatic carbocycles. The molecule has 0 spiro atoms. The maximum absolute atomic E-state index is 14.8. The summed E-state index contributed by atoms with van der Waals surface area (Å²) in [6, 6.07) is 0. The topological polar surface area (TPSA) is 88.8 Å². The molecule has 7 heteroatoms. The molecule has 0 radical (unpaired) electrons. The third-order valence-electron chi connectivity index (χ3n) is 3.77. The quantitative estimate of drug-likeness (QED) is 0.911. The molecular formula is C14H18FN3O2S. The van der Waals surface area contributed by atoms with Gasteiger partial charge in [-0.25, -0.2) is 12.8 Å². The average molecular weight is 311 g/mol. The van der Waals surface area contributed by atoms with Crippen LogP contribution in [0.2, 0.25) is 0 Å². The highest BCUT2D eigenvalue weighted by molar-refractivity contribution is 7.90. The van der Waals surface area contributed by atoms with Crippen LogP contribution in [0.15, 0.2) is 12.3 Å². The number of nitrogens with two attached hydrogens (primary N) is 1. The van der Waals surface area contributed by atoms with Crippen LogP contribution in [0, 0.1) is 12.7 Å². The van der Waals surface area contributed by atoms with Gasteiger partial charge in [0.2, 0.25) is 0 Å². The van der Waals surface area contributed by atoms with Gasteiger partial charge in [-0.3, -0.25) is 5.10 Å². The first kappa shape index (κ1) is 15.5. The van der Waals surface area contributed by atoms with Crippen LogP contribution in [0.25, 0.3) is 16.6 Å². The van der Waals surface area contributed by atoms with Crippen LogP contribution >= 0.6 is 0 Å². The molecule has 0 saturated heterocycles. The lowest BCUT2D eigenvalue weighted by atomic mass is 9.95. The van der Waals surface area contributed by atoms with Gasteiger partial charge in [-0.2, -0.15) is 5.10 Å². The van der Waals surface area contributed by atoms with Gasteiger partial charge in [0.15, 0.2) is 9.84 Å². The van der Waals surface area contributed by atoms with Crippen molar-refractivity contribution in [3.8, 4) is 0 Å². The zero-order valence-electron chi connectivity index (χ0n) is 12.4. The Bertz CT molecular complexity index is 838. The molecule has 2 aromatic rings. The van der Waals surface area contributed by atoms with Gasteiger partial charge in [0, 0.05) is 28.5 Å². The van der Waals surface area contributed by atoms with E-state index in [0.717, 1.165) is 6.26 Å². The summed E-state index contributed by atoms with van der Waals surface area (Å²) >= 11 is 0. The fraction of sp³-hybridized carbons (Fsp3) is 0.357. The fourth-order valence-electron chi connectivity index (χ4n) is 2.42. The number of hydrogen-bond donors (Lipinski definition) is 2. The van der Waals surface area contributed by atoms with E-state index >= 15 is 0 Å². The second kappa shape index (κ2) is 5.14. The lowest BCUT2D eigenvalue weighted by molar-refractivity contribution is 0.576. The highest BCUT2D eigenvalue weighted by atomic mass is 32.2. The van der Waals surface area contributed by atoms with Crippen LogP contribution < -0.4 is 5.73 Å². The van der Waals surface area contributed by atoms with E-state index in [0.29, 0.717) is 27.7 Å². The Morgan fingerprint density at radius 2 is 2.14 bits per heavy atom. The summed E-state index contributed by atoms with van der Waals surface area (Å²) in [6.45, 7) is 4.81. The van der Waals surface area contributed by atoms with E-state index in [1.807, 2.05) is 0 Å². The monoisotopic (exact) mass is 311 g/mol. The van der Waals surface area contributed by atoms with Crippen LogP contribution in [0.5, 0.6) is 0 Å². The predicted molar refractivity (Wildman–Crippen MR) is 81.9 cm³/mol. The zero-order chi connectivity index (χ0) is 15.9. The number of halogens is 1. The Morgan fingerprint density at radius 1 is 1.52 bits per heavy atom. The lowest BCUT2D eigenvalue weighted by Gasteiger charge is -2.17. The molecule has 3 N–H and O–H groups in total. The SMILES string of the molecule is C/C=C(\N)c1c(C)c(F)c(C(C)S(C)(=O)=O)c2[nH]ncc12. The number of fused-ring (bicyclic) bond motifs is 1. The normalized spacial score (nSPS) is 14.6. The molecule has 5 nitrogen and oxygen atoms in total. The molecule has 0 saturated carbocycles. The minimum atomic E-state index is -3.44. The first-order valence-electron chi connectivity index (χ1n) is 6.46. The van der Waals surface area contributed by atoms with Crippen LogP contribution in [-0.4, -0.2) is 24.9 Å². The zero-order valence-corrected chi connectivity index (χ0v) is 13.2. The second-order valence-corrected chi connectivity index (χ2v) is 7.47. The summed E-state index contributed by atoms with van der Waals surface area (Å²) in [5.41, 5.74) is 7.71. The van der Waals surface area contributed by atoms with E-state index in [1.165, 1.54) is 13.1 Å². The van der Waals surface area contributed by atoms with Gasteiger partial charge in [-0.05, 0) is 26.3 Å². The Morgan fingerprint density at radius 3 is 2.67 bits per heavy atom. The molecule has 0 aliphatic heterocycles. The van der Waals surface area contributed by atoms with Crippen molar-refractivity contribution in [2.75, 3.05) is 6.26 Å². The molecule has 114 valence electrons. The smallest absolute Gasteiger partial charge is 0.154 e. The van der Waals surface area contributed by atoms with Gasteiger partial charge in [0.05, 0.1) is 17.0 Å². The van der Waals surface area contributed by atoms with Crippen molar-refractivity contribution in [1.82, 2.24) is 10.2 Å². The number of hydrogen-bond acceptors (Lipinski definition) is 4. The van der Waals surface area contributed by atoms with E-state index in [-0.39, 0.29) is 5.56 Å². The van der Waals surface area contributed by atoms with Crippen LogP contribution in [0.4, 0.5) is 4.39 Å². The summed E-state index contributed by atoms with van der Waals surface area (Å²) in [6.07, 6.45) is 4.29. The molecule has 1 aromatic carbocycles. The van der Waals surface area contributed by atoms with Crippen molar-refractivity contribution in [1.29, 1.82) is 0 Å².